The molecule has 0 amide bonds. The molecule has 0 aliphatic heterocycles. The van der Waals surface area contributed by atoms with Gasteiger partial charge in [-0.15, -0.1) is 0 Å². The highest BCUT2D eigenvalue weighted by molar-refractivity contribution is 5.07. The van der Waals surface area contributed by atoms with Crippen molar-refractivity contribution in [2.75, 3.05) is 6.61 Å². The van der Waals surface area contributed by atoms with Gasteiger partial charge < -0.3 is 14.4 Å². The number of hydrogen-bond donors (Lipinski definition) is 1. The van der Waals surface area contributed by atoms with Gasteiger partial charge in [0.05, 0.1) is 12.0 Å². The quantitative estimate of drug-likeness (QED) is 0.924. The molecule has 1 heterocycles. The molecule has 1 aromatic heterocycles. The summed E-state index contributed by atoms with van der Waals surface area (Å²) in [4.78, 5) is 4.62. The zero-order valence-corrected chi connectivity index (χ0v) is 13.0. The fourth-order valence-electron chi connectivity index (χ4n) is 3.74. The monoisotopic (exact) mass is 294 g/mol. The summed E-state index contributed by atoms with van der Waals surface area (Å²) in [7, 11) is 0. The molecule has 2 unspecified atom stereocenters. The summed E-state index contributed by atoms with van der Waals surface area (Å²) < 4.78 is 11.5. The maximum absolute atomic E-state index is 10.0. The van der Waals surface area contributed by atoms with Gasteiger partial charge in [0.25, 0.3) is 0 Å². The second kappa shape index (κ2) is 6.05. The first-order valence-electron chi connectivity index (χ1n) is 8.31. The minimum atomic E-state index is -0.382. The molecule has 2 saturated carbocycles. The molecule has 5 nitrogen and oxygen atoms in total. The molecule has 2 aliphatic carbocycles. The van der Waals surface area contributed by atoms with E-state index in [1.165, 1.54) is 0 Å². The van der Waals surface area contributed by atoms with Crippen molar-refractivity contribution < 1.29 is 14.4 Å². The van der Waals surface area contributed by atoms with Crippen LogP contribution in [0, 0.1) is 5.92 Å². The van der Waals surface area contributed by atoms with Crippen molar-refractivity contribution in [2.45, 2.75) is 76.4 Å². The lowest BCUT2D eigenvalue weighted by molar-refractivity contribution is -0.0847. The zero-order valence-electron chi connectivity index (χ0n) is 13.0. The van der Waals surface area contributed by atoms with E-state index in [0.717, 1.165) is 50.9 Å². The molecule has 2 fully saturated rings. The van der Waals surface area contributed by atoms with Crippen LogP contribution >= 0.6 is 0 Å². The van der Waals surface area contributed by atoms with Crippen LogP contribution in [-0.2, 0) is 10.3 Å². The average molecular weight is 294 g/mol. The summed E-state index contributed by atoms with van der Waals surface area (Å²) in [6.07, 6.45) is 6.62. The van der Waals surface area contributed by atoms with Gasteiger partial charge in [-0.3, -0.25) is 0 Å². The molecular weight excluding hydrogens is 268 g/mol. The maximum atomic E-state index is 10.0. The number of aliphatic hydroxyl groups is 1. The van der Waals surface area contributed by atoms with Crippen molar-refractivity contribution >= 4 is 0 Å². The van der Waals surface area contributed by atoms with Crippen LogP contribution in [0.3, 0.4) is 0 Å². The van der Waals surface area contributed by atoms with Crippen LogP contribution < -0.4 is 0 Å². The Morgan fingerprint density at radius 2 is 2.05 bits per heavy atom. The summed E-state index contributed by atoms with van der Waals surface area (Å²) in [6, 6.07) is 0. The van der Waals surface area contributed by atoms with Crippen LogP contribution in [0.25, 0.3) is 0 Å². The van der Waals surface area contributed by atoms with Crippen LogP contribution in [0.2, 0.25) is 0 Å². The minimum Gasteiger partial charge on any atom is -0.392 e. The molecule has 2 aliphatic rings. The number of rotatable bonds is 4. The molecule has 0 spiro atoms. The molecule has 1 N–H and O–H groups in total. The third-order valence-electron chi connectivity index (χ3n) is 5.15. The normalized spacial score (nSPS) is 37.0. The van der Waals surface area contributed by atoms with Crippen LogP contribution in [0.5, 0.6) is 0 Å². The zero-order chi connectivity index (χ0) is 14.9. The molecule has 1 aromatic rings. The molecule has 21 heavy (non-hydrogen) atoms. The van der Waals surface area contributed by atoms with Gasteiger partial charge in [-0.2, -0.15) is 4.98 Å². The first kappa shape index (κ1) is 15.0. The molecular formula is C16H26N2O3. The second-order valence-electron chi connectivity index (χ2n) is 6.67. The summed E-state index contributed by atoms with van der Waals surface area (Å²) in [5.41, 5.74) is -0.382. The summed E-state index contributed by atoms with van der Waals surface area (Å²) in [5.74, 6) is 2.02. The Balaban J connectivity index is 1.82. The van der Waals surface area contributed by atoms with Gasteiger partial charge in [0.1, 0.15) is 5.60 Å². The van der Waals surface area contributed by atoms with E-state index in [1.54, 1.807) is 0 Å². The van der Waals surface area contributed by atoms with E-state index in [0.29, 0.717) is 18.3 Å². The predicted molar refractivity (Wildman–Crippen MR) is 77.8 cm³/mol. The van der Waals surface area contributed by atoms with Gasteiger partial charge in [0.2, 0.25) is 11.7 Å². The van der Waals surface area contributed by atoms with Crippen LogP contribution in [-0.4, -0.2) is 28.0 Å². The smallest absolute Gasteiger partial charge is 0.232 e. The van der Waals surface area contributed by atoms with E-state index < -0.39 is 0 Å². The van der Waals surface area contributed by atoms with Crippen molar-refractivity contribution in [2.24, 2.45) is 5.92 Å². The van der Waals surface area contributed by atoms with Gasteiger partial charge in [0, 0.05) is 6.61 Å². The standard InChI is InChI=1S/C16H26N2O3/c1-3-20-16(9-7-11(2)8-10-16)15-17-14(21-18-15)12-5-4-6-13(12)19/h11-13,19H,3-10H2,1-2H3. The van der Waals surface area contributed by atoms with Crippen LogP contribution in [0.1, 0.15) is 76.4 Å². The lowest BCUT2D eigenvalue weighted by Gasteiger charge is -2.36. The Bertz CT molecular complexity index is 466. The van der Waals surface area contributed by atoms with E-state index in [2.05, 4.69) is 17.1 Å². The first-order valence-corrected chi connectivity index (χ1v) is 8.31. The summed E-state index contributed by atoms with van der Waals surface area (Å²) in [6.45, 7) is 4.96. The van der Waals surface area contributed by atoms with Crippen molar-refractivity contribution in [1.29, 1.82) is 0 Å². The molecule has 3 rings (SSSR count). The molecule has 0 saturated heterocycles. The van der Waals surface area contributed by atoms with Gasteiger partial charge in [-0.25, -0.2) is 0 Å². The van der Waals surface area contributed by atoms with Crippen molar-refractivity contribution in [3.8, 4) is 0 Å². The summed E-state index contributed by atoms with van der Waals surface area (Å²) in [5, 5.41) is 14.2. The largest absolute Gasteiger partial charge is 0.392 e. The topological polar surface area (TPSA) is 68.4 Å². The van der Waals surface area contributed by atoms with Crippen LogP contribution in [0.4, 0.5) is 0 Å². The Morgan fingerprint density at radius 1 is 1.29 bits per heavy atom. The van der Waals surface area contributed by atoms with Crippen molar-refractivity contribution in [3.63, 3.8) is 0 Å². The number of aliphatic hydroxyl groups excluding tert-OH is 1. The highest BCUT2D eigenvalue weighted by Gasteiger charge is 2.42. The minimum absolute atomic E-state index is 0.00689. The van der Waals surface area contributed by atoms with E-state index in [-0.39, 0.29) is 17.6 Å². The van der Waals surface area contributed by atoms with Crippen molar-refractivity contribution in [1.82, 2.24) is 10.1 Å². The highest BCUT2D eigenvalue weighted by atomic mass is 16.5. The van der Waals surface area contributed by atoms with E-state index in [9.17, 15) is 5.11 Å². The molecule has 118 valence electrons. The van der Waals surface area contributed by atoms with Crippen molar-refractivity contribution in [3.05, 3.63) is 11.7 Å². The van der Waals surface area contributed by atoms with E-state index in [4.69, 9.17) is 9.26 Å². The van der Waals surface area contributed by atoms with Gasteiger partial charge >= 0.3 is 0 Å². The molecule has 0 aromatic carbocycles. The maximum Gasteiger partial charge on any atom is 0.232 e. The summed E-state index contributed by atoms with van der Waals surface area (Å²) >= 11 is 0. The molecule has 5 heteroatoms. The third-order valence-corrected chi connectivity index (χ3v) is 5.15. The number of ether oxygens (including phenoxy) is 1. The number of aromatic nitrogens is 2. The third kappa shape index (κ3) is 2.86. The second-order valence-corrected chi connectivity index (χ2v) is 6.67. The Morgan fingerprint density at radius 3 is 2.67 bits per heavy atom. The molecule has 2 atom stereocenters. The fourth-order valence-corrected chi connectivity index (χ4v) is 3.74. The molecule has 0 radical (unpaired) electrons. The Hall–Kier alpha value is -0.940. The lowest BCUT2D eigenvalue weighted by Crippen LogP contribution is -2.35. The SMILES string of the molecule is CCOC1(c2noc(C3CCCC3O)n2)CCC(C)CC1. The van der Waals surface area contributed by atoms with Gasteiger partial charge in [0.15, 0.2) is 0 Å². The number of hydrogen-bond acceptors (Lipinski definition) is 5. The van der Waals surface area contributed by atoms with E-state index >= 15 is 0 Å². The number of nitrogens with zero attached hydrogens (tertiary/aromatic N) is 2. The highest BCUT2D eigenvalue weighted by Crippen LogP contribution is 2.42. The first-order chi connectivity index (χ1) is 10.1. The Labute approximate surface area is 126 Å². The fraction of sp³-hybridized carbons (Fsp3) is 0.875. The predicted octanol–water partition coefficient (Wildman–Crippen LogP) is 3.14. The van der Waals surface area contributed by atoms with E-state index in [1.807, 2.05) is 6.92 Å². The average Bonchev–Trinajstić information content (AvgIpc) is 3.10. The van der Waals surface area contributed by atoms with Gasteiger partial charge in [-0.1, -0.05) is 12.1 Å². The Kier molecular flexibility index (Phi) is 4.31. The lowest BCUT2D eigenvalue weighted by atomic mass is 9.79. The van der Waals surface area contributed by atoms with Gasteiger partial charge in [-0.05, 0) is 57.8 Å². The van der Waals surface area contributed by atoms with Crippen LogP contribution in [0.15, 0.2) is 4.52 Å². The molecule has 0 bridgehead atoms.